The molecule has 4 aliphatic rings. The largest absolute Gasteiger partial charge is 0.252 e. The van der Waals surface area contributed by atoms with E-state index in [1.807, 2.05) is 0 Å². The fourth-order valence-corrected chi connectivity index (χ4v) is 10.2. The SMILES string of the molecule is CCC1C(C2=CC(c3ccccc3)CCC2)=CC(C2C=CC(c3ccc4ccc5nc(C6C=CC=CC6)cc(-c6ccccc6)c5c4c3)=CC2)=CC1c1ccccc1. The van der Waals surface area contributed by atoms with E-state index in [0.717, 1.165) is 30.5 Å². The molecule has 5 atom stereocenters. The molecule has 1 heterocycles. The summed E-state index contributed by atoms with van der Waals surface area (Å²) < 4.78 is 0. The molecule has 1 heteroatoms. The van der Waals surface area contributed by atoms with Crippen molar-refractivity contribution in [2.75, 3.05) is 0 Å². The van der Waals surface area contributed by atoms with Crippen LogP contribution < -0.4 is 0 Å². The Morgan fingerprint density at radius 1 is 0.672 bits per heavy atom. The Hall–Kier alpha value is -6.05. The minimum atomic E-state index is 0.288. The van der Waals surface area contributed by atoms with Crippen molar-refractivity contribution in [3.05, 3.63) is 227 Å². The zero-order valence-corrected chi connectivity index (χ0v) is 33.5. The maximum absolute atomic E-state index is 5.31. The van der Waals surface area contributed by atoms with Crippen LogP contribution in [0.1, 0.15) is 85.6 Å². The summed E-state index contributed by atoms with van der Waals surface area (Å²) in [6.07, 6.45) is 30.8. The number of hydrogen-bond donors (Lipinski definition) is 0. The third-order valence-electron chi connectivity index (χ3n) is 13.2. The number of pyridine rings is 1. The van der Waals surface area contributed by atoms with Crippen molar-refractivity contribution in [2.24, 2.45) is 11.8 Å². The summed E-state index contributed by atoms with van der Waals surface area (Å²) in [7, 11) is 0. The smallest absolute Gasteiger partial charge is 0.0718 e. The lowest BCUT2D eigenvalue weighted by Gasteiger charge is -2.36. The van der Waals surface area contributed by atoms with E-state index in [1.165, 1.54) is 74.4 Å². The number of aromatic nitrogens is 1. The normalized spacial score (nSPS) is 23.0. The molecule has 10 rings (SSSR count). The molecule has 284 valence electrons. The van der Waals surface area contributed by atoms with Crippen LogP contribution in [0.3, 0.4) is 0 Å². The predicted molar refractivity (Wildman–Crippen MR) is 246 cm³/mol. The molecule has 1 aromatic heterocycles. The molecular weight excluding hydrogens is 699 g/mol. The maximum atomic E-state index is 5.31. The first-order valence-electron chi connectivity index (χ1n) is 21.6. The second-order valence-electron chi connectivity index (χ2n) is 16.7. The first-order chi connectivity index (χ1) is 28.7. The van der Waals surface area contributed by atoms with Gasteiger partial charge in [-0.05, 0) is 124 Å². The highest BCUT2D eigenvalue weighted by molar-refractivity contribution is 6.14. The summed E-state index contributed by atoms with van der Waals surface area (Å²) in [6, 6.07) is 47.1. The van der Waals surface area contributed by atoms with Gasteiger partial charge in [-0.25, -0.2) is 0 Å². The van der Waals surface area contributed by atoms with Gasteiger partial charge < -0.3 is 0 Å². The van der Waals surface area contributed by atoms with Crippen molar-refractivity contribution >= 4 is 27.2 Å². The zero-order chi connectivity index (χ0) is 38.8. The Bertz CT molecular complexity index is 2680. The minimum absolute atomic E-state index is 0.288. The van der Waals surface area contributed by atoms with Gasteiger partial charge in [-0.3, -0.25) is 4.98 Å². The summed E-state index contributed by atoms with van der Waals surface area (Å²) in [5.74, 6) is 1.95. The van der Waals surface area contributed by atoms with Gasteiger partial charge in [0.25, 0.3) is 0 Å². The van der Waals surface area contributed by atoms with Crippen LogP contribution in [0.25, 0.3) is 38.4 Å². The molecule has 5 aromatic carbocycles. The fraction of sp³-hybridized carbons (Fsp3) is 0.211. The summed E-state index contributed by atoms with van der Waals surface area (Å²) in [5.41, 5.74) is 14.7. The monoisotopic (exact) mass is 749 g/mol. The number of allylic oxidation sites excluding steroid dienone is 14. The van der Waals surface area contributed by atoms with Crippen LogP contribution in [0.2, 0.25) is 0 Å². The van der Waals surface area contributed by atoms with Crippen molar-refractivity contribution in [2.45, 2.75) is 63.2 Å². The molecule has 0 amide bonds. The van der Waals surface area contributed by atoms with Crippen LogP contribution in [-0.4, -0.2) is 4.98 Å². The maximum Gasteiger partial charge on any atom is 0.0718 e. The summed E-state index contributed by atoms with van der Waals surface area (Å²) >= 11 is 0. The van der Waals surface area contributed by atoms with E-state index in [9.17, 15) is 0 Å². The Morgan fingerprint density at radius 2 is 1.45 bits per heavy atom. The summed E-state index contributed by atoms with van der Waals surface area (Å²) in [5, 5.41) is 3.74. The number of fused-ring (bicyclic) bond motifs is 3. The first kappa shape index (κ1) is 36.3. The number of hydrogen-bond acceptors (Lipinski definition) is 1. The van der Waals surface area contributed by atoms with E-state index in [4.69, 9.17) is 4.98 Å². The molecule has 0 saturated heterocycles. The molecular formula is C57H51N. The molecule has 0 saturated carbocycles. The average Bonchev–Trinajstić information content (AvgIpc) is 3.31. The topological polar surface area (TPSA) is 12.9 Å². The van der Waals surface area contributed by atoms with Crippen molar-refractivity contribution in [3.8, 4) is 11.1 Å². The van der Waals surface area contributed by atoms with Crippen molar-refractivity contribution < 1.29 is 0 Å². The van der Waals surface area contributed by atoms with Gasteiger partial charge in [0.1, 0.15) is 0 Å². The van der Waals surface area contributed by atoms with Gasteiger partial charge in [0.2, 0.25) is 0 Å². The first-order valence-corrected chi connectivity index (χ1v) is 21.6. The highest BCUT2D eigenvalue weighted by atomic mass is 14.7. The molecule has 0 N–H and O–H groups in total. The number of rotatable bonds is 8. The van der Waals surface area contributed by atoms with Crippen LogP contribution in [-0.2, 0) is 0 Å². The molecule has 0 spiro atoms. The van der Waals surface area contributed by atoms with Gasteiger partial charge in [0.05, 0.1) is 5.52 Å². The lowest BCUT2D eigenvalue weighted by atomic mass is 9.68. The molecule has 0 aliphatic heterocycles. The number of nitrogens with zero attached hydrogens (tertiary/aromatic N) is 1. The van der Waals surface area contributed by atoms with Crippen molar-refractivity contribution in [1.29, 1.82) is 0 Å². The Morgan fingerprint density at radius 3 is 2.19 bits per heavy atom. The van der Waals surface area contributed by atoms with Crippen molar-refractivity contribution in [3.63, 3.8) is 0 Å². The molecule has 58 heavy (non-hydrogen) atoms. The van der Waals surface area contributed by atoms with Gasteiger partial charge >= 0.3 is 0 Å². The van der Waals surface area contributed by atoms with Crippen LogP contribution in [0.5, 0.6) is 0 Å². The van der Waals surface area contributed by atoms with E-state index >= 15 is 0 Å². The molecule has 0 fully saturated rings. The van der Waals surface area contributed by atoms with Crippen LogP contribution in [0.4, 0.5) is 0 Å². The summed E-state index contributed by atoms with van der Waals surface area (Å²) in [6.45, 7) is 2.39. The molecule has 1 nitrogen and oxygen atoms in total. The lowest BCUT2D eigenvalue weighted by molar-refractivity contribution is 0.511. The van der Waals surface area contributed by atoms with Crippen LogP contribution in [0.15, 0.2) is 205 Å². The van der Waals surface area contributed by atoms with Crippen LogP contribution >= 0.6 is 0 Å². The standard InChI is InChI=1S/C57H51N/c1-2-50-51(42-18-9-4-10-19-42)36-49(37-52(50)48-25-15-24-46(34-48)39-16-7-3-8-17-39)41-28-26-40(27-29-41)47-31-30-44-32-33-55-57(53(44)35-47)54(43-20-11-5-12-21-43)38-56(58-55)45-22-13-6-14-23-45/h3-14,16-22,26-28,30-38,41,45-46,50-51H,2,15,23-25,29H2,1H3. The van der Waals surface area contributed by atoms with E-state index in [-0.39, 0.29) is 5.92 Å². The third-order valence-corrected chi connectivity index (χ3v) is 13.2. The third kappa shape index (κ3) is 7.09. The highest BCUT2D eigenvalue weighted by Crippen LogP contribution is 2.47. The lowest BCUT2D eigenvalue weighted by Crippen LogP contribution is -2.21. The highest BCUT2D eigenvalue weighted by Gasteiger charge is 2.32. The molecule has 6 aromatic rings. The summed E-state index contributed by atoms with van der Waals surface area (Å²) in [4.78, 5) is 5.31. The van der Waals surface area contributed by atoms with E-state index in [0.29, 0.717) is 23.7 Å². The number of benzene rings is 5. The van der Waals surface area contributed by atoms with Crippen LogP contribution in [0, 0.1) is 11.8 Å². The second kappa shape index (κ2) is 16.1. The van der Waals surface area contributed by atoms with Gasteiger partial charge in [-0.1, -0.05) is 177 Å². The van der Waals surface area contributed by atoms with Gasteiger partial charge in [-0.15, -0.1) is 0 Å². The average molecular weight is 750 g/mol. The Kier molecular flexibility index (Phi) is 10.1. The minimum Gasteiger partial charge on any atom is -0.252 e. The quantitative estimate of drug-likeness (QED) is 0.141. The van der Waals surface area contributed by atoms with Gasteiger partial charge in [-0.2, -0.15) is 0 Å². The predicted octanol–water partition coefficient (Wildman–Crippen LogP) is 15.2. The molecule has 0 radical (unpaired) electrons. The van der Waals surface area contributed by atoms with Crippen molar-refractivity contribution in [1.82, 2.24) is 4.98 Å². The van der Waals surface area contributed by atoms with E-state index in [1.54, 1.807) is 11.1 Å². The Balaban J connectivity index is 1.00. The second-order valence-corrected chi connectivity index (χ2v) is 16.7. The molecule has 0 bridgehead atoms. The van der Waals surface area contributed by atoms with Gasteiger partial charge in [0, 0.05) is 34.8 Å². The fourth-order valence-electron chi connectivity index (χ4n) is 10.2. The zero-order valence-electron chi connectivity index (χ0n) is 33.5. The van der Waals surface area contributed by atoms with E-state index in [2.05, 4.69) is 195 Å². The van der Waals surface area contributed by atoms with Gasteiger partial charge in [0.15, 0.2) is 0 Å². The molecule has 5 unspecified atom stereocenters. The molecule has 4 aliphatic carbocycles. The van der Waals surface area contributed by atoms with E-state index < -0.39 is 0 Å². The Labute approximate surface area is 344 Å².